The van der Waals surface area contributed by atoms with Crippen molar-refractivity contribution < 1.29 is 14.0 Å². The Labute approximate surface area is 128 Å². The van der Waals surface area contributed by atoms with E-state index >= 15 is 0 Å². The number of carbonyl (C=O) groups is 2. The number of anilines is 1. The van der Waals surface area contributed by atoms with E-state index in [0.717, 1.165) is 12.1 Å². The molecule has 6 nitrogen and oxygen atoms in total. The van der Waals surface area contributed by atoms with E-state index in [9.17, 15) is 9.59 Å². The van der Waals surface area contributed by atoms with Gasteiger partial charge in [0.1, 0.15) is 0 Å². The molecule has 3 N–H and O–H groups in total. The Bertz CT molecular complexity index is 606. The van der Waals surface area contributed by atoms with Crippen LogP contribution in [0.15, 0.2) is 47.1 Å². The largest absolute Gasteiger partial charge is 0.459 e. The van der Waals surface area contributed by atoms with Crippen molar-refractivity contribution in [2.45, 2.75) is 13.3 Å². The standard InChI is InChI=1S/C16H19N3O3/c1-2-12-5-7-13(8-6-12)19-16(21)18-10-9-17-15(20)14-4-3-11-22-14/h3-8,11H,2,9-10H2,1H3,(H,17,20)(H2,18,19,21). The molecule has 0 atom stereocenters. The van der Waals surface area contributed by atoms with Gasteiger partial charge in [0.05, 0.1) is 6.26 Å². The molecule has 0 aliphatic heterocycles. The Kier molecular flexibility index (Phi) is 5.59. The number of amides is 3. The summed E-state index contributed by atoms with van der Waals surface area (Å²) in [6, 6.07) is 10.6. The smallest absolute Gasteiger partial charge is 0.319 e. The van der Waals surface area contributed by atoms with E-state index in [4.69, 9.17) is 4.42 Å². The summed E-state index contributed by atoms with van der Waals surface area (Å²) in [5.74, 6) is -0.0529. The maximum atomic E-state index is 11.7. The van der Waals surface area contributed by atoms with Gasteiger partial charge < -0.3 is 20.4 Å². The maximum Gasteiger partial charge on any atom is 0.319 e. The van der Waals surface area contributed by atoms with Crippen molar-refractivity contribution in [3.05, 3.63) is 54.0 Å². The first-order chi connectivity index (χ1) is 10.7. The summed E-state index contributed by atoms with van der Waals surface area (Å²) in [4.78, 5) is 23.3. The molecule has 0 radical (unpaired) electrons. The van der Waals surface area contributed by atoms with Gasteiger partial charge in [0.2, 0.25) is 0 Å². The van der Waals surface area contributed by atoms with Crippen LogP contribution in [0, 0.1) is 0 Å². The van der Waals surface area contributed by atoms with Crippen LogP contribution in [0.2, 0.25) is 0 Å². The first kappa shape index (κ1) is 15.6. The van der Waals surface area contributed by atoms with Gasteiger partial charge in [0.25, 0.3) is 5.91 Å². The second-order valence-electron chi connectivity index (χ2n) is 4.66. The summed E-state index contributed by atoms with van der Waals surface area (Å²) in [7, 11) is 0. The number of hydrogen-bond donors (Lipinski definition) is 3. The second kappa shape index (κ2) is 7.87. The summed E-state index contributed by atoms with van der Waals surface area (Å²) >= 11 is 0. The molecule has 2 aromatic rings. The summed E-state index contributed by atoms with van der Waals surface area (Å²) < 4.78 is 4.96. The summed E-state index contributed by atoms with van der Waals surface area (Å²) in [6.07, 6.45) is 2.40. The van der Waals surface area contributed by atoms with Gasteiger partial charge in [-0.15, -0.1) is 0 Å². The lowest BCUT2D eigenvalue weighted by molar-refractivity contribution is 0.0926. The van der Waals surface area contributed by atoms with Gasteiger partial charge >= 0.3 is 6.03 Å². The maximum absolute atomic E-state index is 11.7. The van der Waals surface area contributed by atoms with Gasteiger partial charge in [-0.05, 0) is 36.2 Å². The van der Waals surface area contributed by atoms with E-state index in [0.29, 0.717) is 13.1 Å². The van der Waals surface area contributed by atoms with Crippen molar-refractivity contribution in [1.82, 2.24) is 10.6 Å². The highest BCUT2D eigenvalue weighted by Crippen LogP contribution is 2.09. The zero-order valence-corrected chi connectivity index (χ0v) is 12.4. The summed E-state index contributed by atoms with van der Waals surface area (Å²) in [5, 5.41) is 8.04. The predicted molar refractivity (Wildman–Crippen MR) is 83.9 cm³/mol. The van der Waals surface area contributed by atoms with Gasteiger partial charge in [-0.2, -0.15) is 0 Å². The zero-order valence-electron chi connectivity index (χ0n) is 12.4. The number of hydrogen-bond acceptors (Lipinski definition) is 3. The Balaban J connectivity index is 1.66. The average Bonchev–Trinajstić information content (AvgIpc) is 3.06. The van der Waals surface area contributed by atoms with Crippen LogP contribution in [0.25, 0.3) is 0 Å². The van der Waals surface area contributed by atoms with Gasteiger partial charge in [-0.25, -0.2) is 4.79 Å². The van der Waals surface area contributed by atoms with Gasteiger partial charge in [-0.3, -0.25) is 4.79 Å². The third kappa shape index (κ3) is 4.66. The van der Waals surface area contributed by atoms with Crippen molar-refractivity contribution in [1.29, 1.82) is 0 Å². The van der Waals surface area contributed by atoms with E-state index in [2.05, 4.69) is 22.9 Å². The fourth-order valence-corrected chi connectivity index (χ4v) is 1.85. The zero-order chi connectivity index (χ0) is 15.8. The van der Waals surface area contributed by atoms with Crippen molar-refractivity contribution >= 4 is 17.6 Å². The van der Waals surface area contributed by atoms with Crippen LogP contribution >= 0.6 is 0 Å². The SMILES string of the molecule is CCc1ccc(NC(=O)NCCNC(=O)c2ccco2)cc1. The minimum Gasteiger partial charge on any atom is -0.459 e. The molecular formula is C16H19N3O3. The number of urea groups is 1. The molecule has 0 bridgehead atoms. The molecule has 2 rings (SSSR count). The van der Waals surface area contributed by atoms with Crippen LogP contribution in [0.5, 0.6) is 0 Å². The van der Waals surface area contributed by atoms with Gasteiger partial charge in [0, 0.05) is 18.8 Å². The molecule has 0 saturated heterocycles. The molecular weight excluding hydrogens is 282 g/mol. The Hall–Kier alpha value is -2.76. The molecule has 1 aromatic carbocycles. The van der Waals surface area contributed by atoms with E-state index in [1.54, 1.807) is 12.1 Å². The Morgan fingerprint density at radius 1 is 1.05 bits per heavy atom. The number of rotatable bonds is 6. The van der Waals surface area contributed by atoms with E-state index in [1.165, 1.54) is 11.8 Å². The molecule has 1 heterocycles. The van der Waals surface area contributed by atoms with E-state index in [-0.39, 0.29) is 17.7 Å². The molecule has 0 fully saturated rings. The first-order valence-corrected chi connectivity index (χ1v) is 7.14. The Morgan fingerprint density at radius 2 is 1.77 bits per heavy atom. The minimum absolute atomic E-state index is 0.250. The summed E-state index contributed by atoms with van der Waals surface area (Å²) in [6.45, 7) is 2.72. The van der Waals surface area contributed by atoms with E-state index < -0.39 is 0 Å². The quantitative estimate of drug-likeness (QED) is 0.716. The Morgan fingerprint density at radius 3 is 2.41 bits per heavy atom. The molecule has 0 unspecified atom stereocenters. The lowest BCUT2D eigenvalue weighted by Gasteiger charge is -2.08. The van der Waals surface area contributed by atoms with Gasteiger partial charge in [0.15, 0.2) is 5.76 Å². The van der Waals surface area contributed by atoms with Crippen LogP contribution in [0.3, 0.4) is 0 Å². The molecule has 0 spiro atoms. The number of benzene rings is 1. The van der Waals surface area contributed by atoms with Gasteiger partial charge in [-0.1, -0.05) is 19.1 Å². The highest BCUT2D eigenvalue weighted by molar-refractivity contribution is 5.91. The van der Waals surface area contributed by atoms with E-state index in [1.807, 2.05) is 24.3 Å². The fourth-order valence-electron chi connectivity index (χ4n) is 1.85. The van der Waals surface area contributed by atoms with Crippen molar-refractivity contribution in [2.75, 3.05) is 18.4 Å². The van der Waals surface area contributed by atoms with Crippen LogP contribution in [0.1, 0.15) is 23.0 Å². The monoisotopic (exact) mass is 301 g/mol. The molecule has 6 heteroatoms. The molecule has 0 aliphatic rings. The third-order valence-electron chi connectivity index (χ3n) is 3.06. The number of furan rings is 1. The molecule has 22 heavy (non-hydrogen) atoms. The summed E-state index contributed by atoms with van der Waals surface area (Å²) in [5.41, 5.74) is 1.95. The normalized spacial score (nSPS) is 10.0. The van der Waals surface area contributed by atoms with Crippen molar-refractivity contribution in [3.8, 4) is 0 Å². The first-order valence-electron chi connectivity index (χ1n) is 7.14. The van der Waals surface area contributed by atoms with Crippen LogP contribution in [-0.4, -0.2) is 25.0 Å². The topological polar surface area (TPSA) is 83.4 Å². The highest BCUT2D eigenvalue weighted by atomic mass is 16.3. The van der Waals surface area contributed by atoms with Crippen molar-refractivity contribution in [3.63, 3.8) is 0 Å². The van der Waals surface area contributed by atoms with Crippen LogP contribution < -0.4 is 16.0 Å². The lowest BCUT2D eigenvalue weighted by atomic mass is 10.1. The predicted octanol–water partition coefficient (Wildman–Crippen LogP) is 2.39. The lowest BCUT2D eigenvalue weighted by Crippen LogP contribution is -2.36. The fraction of sp³-hybridized carbons (Fsp3) is 0.250. The van der Waals surface area contributed by atoms with Crippen LogP contribution in [0.4, 0.5) is 10.5 Å². The molecule has 0 aliphatic carbocycles. The number of nitrogens with one attached hydrogen (secondary N) is 3. The highest BCUT2D eigenvalue weighted by Gasteiger charge is 2.07. The molecule has 3 amide bonds. The second-order valence-corrected chi connectivity index (χ2v) is 4.66. The molecule has 1 aromatic heterocycles. The van der Waals surface area contributed by atoms with Crippen LogP contribution in [-0.2, 0) is 6.42 Å². The number of aryl methyl sites for hydroxylation is 1. The average molecular weight is 301 g/mol. The molecule has 0 saturated carbocycles. The van der Waals surface area contributed by atoms with Crippen molar-refractivity contribution in [2.24, 2.45) is 0 Å². The minimum atomic E-state index is -0.309. The number of carbonyl (C=O) groups excluding carboxylic acids is 2. The third-order valence-corrected chi connectivity index (χ3v) is 3.06. The molecule has 116 valence electrons.